The zero-order chi connectivity index (χ0) is 13.7. The molecule has 1 fully saturated rings. The molecule has 1 aromatic rings. The molecule has 1 saturated carbocycles. The molecule has 1 N–H and O–H groups in total. The second kappa shape index (κ2) is 6.55. The van der Waals surface area contributed by atoms with Crippen molar-refractivity contribution in [1.82, 2.24) is 9.88 Å². The summed E-state index contributed by atoms with van der Waals surface area (Å²) in [7, 11) is 0. The van der Waals surface area contributed by atoms with Crippen molar-refractivity contribution in [1.29, 1.82) is 0 Å². The molecule has 0 aliphatic heterocycles. The van der Waals surface area contributed by atoms with Crippen molar-refractivity contribution >= 4 is 11.7 Å². The predicted octanol–water partition coefficient (Wildman–Crippen LogP) is 2.92. The number of pyridine rings is 1. The predicted molar refractivity (Wildman–Crippen MR) is 77.4 cm³/mol. The number of hydrogen-bond acceptors (Lipinski definition) is 3. The number of aromatic nitrogens is 1. The Bertz CT molecular complexity index is 427. The number of hydrogen-bond donors (Lipinski definition) is 1. The van der Waals surface area contributed by atoms with Crippen LogP contribution in [0.2, 0.25) is 0 Å². The fourth-order valence-corrected chi connectivity index (χ4v) is 2.79. The van der Waals surface area contributed by atoms with Crippen molar-refractivity contribution in [3.63, 3.8) is 0 Å². The molecule has 1 aliphatic carbocycles. The molecule has 0 saturated heterocycles. The summed E-state index contributed by atoms with van der Waals surface area (Å²) in [5.41, 5.74) is 0.736. The van der Waals surface area contributed by atoms with E-state index in [4.69, 9.17) is 0 Å². The molecule has 4 heteroatoms. The van der Waals surface area contributed by atoms with Gasteiger partial charge in [0, 0.05) is 30.9 Å². The lowest BCUT2D eigenvalue weighted by Gasteiger charge is -2.27. The summed E-state index contributed by atoms with van der Waals surface area (Å²) in [5.74, 6) is 0.909. The molecule has 19 heavy (non-hydrogen) atoms. The quantitative estimate of drug-likeness (QED) is 0.886. The zero-order valence-electron chi connectivity index (χ0n) is 11.9. The van der Waals surface area contributed by atoms with Gasteiger partial charge < -0.3 is 10.2 Å². The van der Waals surface area contributed by atoms with Gasteiger partial charge in [-0.2, -0.15) is 0 Å². The maximum absolute atomic E-state index is 12.6. The van der Waals surface area contributed by atoms with Crippen molar-refractivity contribution in [3.8, 4) is 0 Å². The van der Waals surface area contributed by atoms with E-state index in [0.29, 0.717) is 6.04 Å². The second-order valence-electron chi connectivity index (χ2n) is 4.99. The van der Waals surface area contributed by atoms with Gasteiger partial charge in [-0.1, -0.05) is 12.8 Å². The smallest absolute Gasteiger partial charge is 0.254 e. The number of carbonyl (C=O) groups excluding carboxylic acids is 1. The normalized spacial score (nSPS) is 15.5. The summed E-state index contributed by atoms with van der Waals surface area (Å²) in [6, 6.07) is 4.08. The summed E-state index contributed by atoms with van der Waals surface area (Å²) < 4.78 is 0. The van der Waals surface area contributed by atoms with Crippen LogP contribution in [-0.2, 0) is 0 Å². The van der Waals surface area contributed by atoms with Crippen LogP contribution in [0.25, 0.3) is 0 Å². The van der Waals surface area contributed by atoms with Crippen molar-refractivity contribution in [3.05, 3.63) is 23.9 Å². The zero-order valence-corrected chi connectivity index (χ0v) is 11.9. The third kappa shape index (κ3) is 3.25. The van der Waals surface area contributed by atoms with Crippen LogP contribution >= 0.6 is 0 Å². The summed E-state index contributed by atoms with van der Waals surface area (Å²) >= 11 is 0. The molecule has 0 spiro atoms. The van der Waals surface area contributed by atoms with Crippen LogP contribution in [-0.4, -0.2) is 34.9 Å². The number of rotatable bonds is 5. The molecule has 1 amide bonds. The lowest BCUT2D eigenvalue weighted by atomic mass is 10.1. The molecule has 2 rings (SSSR count). The monoisotopic (exact) mass is 261 g/mol. The Kier molecular flexibility index (Phi) is 4.77. The van der Waals surface area contributed by atoms with Crippen LogP contribution in [0.5, 0.6) is 0 Å². The Hall–Kier alpha value is -1.58. The summed E-state index contributed by atoms with van der Waals surface area (Å²) in [5, 5.41) is 3.15. The molecule has 1 heterocycles. The van der Waals surface area contributed by atoms with E-state index in [1.165, 1.54) is 12.8 Å². The van der Waals surface area contributed by atoms with Gasteiger partial charge in [-0.15, -0.1) is 0 Å². The average molecular weight is 261 g/mol. The minimum Gasteiger partial charge on any atom is -0.370 e. The van der Waals surface area contributed by atoms with Gasteiger partial charge in [-0.05, 0) is 38.8 Å². The maximum atomic E-state index is 12.6. The van der Waals surface area contributed by atoms with Crippen LogP contribution < -0.4 is 5.32 Å². The first-order valence-electron chi connectivity index (χ1n) is 7.27. The van der Waals surface area contributed by atoms with E-state index in [-0.39, 0.29) is 5.91 Å². The van der Waals surface area contributed by atoms with Gasteiger partial charge in [0.25, 0.3) is 5.91 Å². The van der Waals surface area contributed by atoms with Gasteiger partial charge in [0.05, 0.1) is 0 Å². The second-order valence-corrected chi connectivity index (χ2v) is 4.99. The van der Waals surface area contributed by atoms with E-state index in [1.807, 2.05) is 17.9 Å². The largest absolute Gasteiger partial charge is 0.370 e. The van der Waals surface area contributed by atoms with Crippen molar-refractivity contribution in [2.24, 2.45) is 0 Å². The van der Waals surface area contributed by atoms with Gasteiger partial charge in [0.1, 0.15) is 5.82 Å². The number of nitrogens with zero attached hydrogens (tertiary/aromatic N) is 2. The lowest BCUT2D eigenvalue weighted by molar-refractivity contribution is 0.0693. The molecule has 0 aromatic carbocycles. The van der Waals surface area contributed by atoms with Crippen molar-refractivity contribution in [2.75, 3.05) is 18.4 Å². The van der Waals surface area contributed by atoms with Gasteiger partial charge in [-0.25, -0.2) is 4.98 Å². The Labute approximate surface area is 115 Å². The van der Waals surface area contributed by atoms with Crippen LogP contribution in [0, 0.1) is 0 Å². The highest BCUT2D eigenvalue weighted by atomic mass is 16.2. The van der Waals surface area contributed by atoms with Crippen LogP contribution in [0.1, 0.15) is 49.9 Å². The maximum Gasteiger partial charge on any atom is 0.254 e. The molecule has 0 radical (unpaired) electrons. The molecule has 0 unspecified atom stereocenters. The molecular formula is C15H23N3O. The molecule has 0 bridgehead atoms. The Morgan fingerprint density at radius 1 is 1.42 bits per heavy atom. The van der Waals surface area contributed by atoms with E-state index in [2.05, 4.69) is 17.2 Å². The minimum absolute atomic E-state index is 0.135. The Morgan fingerprint density at radius 3 is 2.79 bits per heavy atom. The highest BCUT2D eigenvalue weighted by molar-refractivity contribution is 5.95. The Morgan fingerprint density at radius 2 is 2.16 bits per heavy atom. The van der Waals surface area contributed by atoms with Crippen molar-refractivity contribution < 1.29 is 4.79 Å². The fraction of sp³-hybridized carbons (Fsp3) is 0.600. The molecule has 0 atom stereocenters. The van der Waals surface area contributed by atoms with E-state index in [0.717, 1.165) is 37.3 Å². The summed E-state index contributed by atoms with van der Waals surface area (Å²) in [6.07, 6.45) is 6.48. The van der Waals surface area contributed by atoms with Crippen LogP contribution in [0.4, 0.5) is 5.82 Å². The van der Waals surface area contributed by atoms with Gasteiger partial charge >= 0.3 is 0 Å². The third-order valence-electron chi connectivity index (χ3n) is 3.73. The molecule has 1 aromatic heterocycles. The lowest BCUT2D eigenvalue weighted by Crippen LogP contribution is -2.38. The highest BCUT2D eigenvalue weighted by Gasteiger charge is 2.26. The molecule has 104 valence electrons. The van der Waals surface area contributed by atoms with Crippen LogP contribution in [0.15, 0.2) is 18.3 Å². The number of carbonyl (C=O) groups is 1. The van der Waals surface area contributed by atoms with E-state index in [1.54, 1.807) is 12.3 Å². The van der Waals surface area contributed by atoms with E-state index in [9.17, 15) is 4.79 Å². The first kappa shape index (κ1) is 13.8. The minimum atomic E-state index is 0.135. The first-order valence-corrected chi connectivity index (χ1v) is 7.27. The highest BCUT2D eigenvalue weighted by Crippen LogP contribution is 2.25. The number of amides is 1. The van der Waals surface area contributed by atoms with Gasteiger partial charge in [-0.3, -0.25) is 4.79 Å². The van der Waals surface area contributed by atoms with Gasteiger partial charge in [0.15, 0.2) is 0 Å². The topological polar surface area (TPSA) is 45.2 Å². The molecule has 1 aliphatic rings. The van der Waals surface area contributed by atoms with Crippen LogP contribution in [0.3, 0.4) is 0 Å². The Balaban J connectivity index is 2.14. The van der Waals surface area contributed by atoms with E-state index < -0.39 is 0 Å². The number of nitrogens with one attached hydrogen (secondary N) is 1. The SMILES string of the molecule is CCNc1cc(C(=O)N(CC)C2CCCC2)ccn1. The molecule has 4 nitrogen and oxygen atoms in total. The molecular weight excluding hydrogens is 238 g/mol. The first-order chi connectivity index (χ1) is 9.26. The standard InChI is InChI=1S/C15H23N3O/c1-3-16-14-11-12(9-10-17-14)15(19)18(4-2)13-7-5-6-8-13/h9-11,13H,3-8H2,1-2H3,(H,16,17). The summed E-state index contributed by atoms with van der Waals surface area (Å²) in [4.78, 5) is 18.8. The fourth-order valence-electron chi connectivity index (χ4n) is 2.79. The van der Waals surface area contributed by atoms with Gasteiger partial charge in [0.2, 0.25) is 0 Å². The third-order valence-corrected chi connectivity index (χ3v) is 3.73. The van der Waals surface area contributed by atoms with Crippen molar-refractivity contribution in [2.45, 2.75) is 45.6 Å². The number of anilines is 1. The van der Waals surface area contributed by atoms with E-state index >= 15 is 0 Å². The average Bonchev–Trinajstić information content (AvgIpc) is 2.94. The summed E-state index contributed by atoms with van der Waals surface area (Å²) in [6.45, 7) is 5.67.